The molecule has 0 fully saturated rings. The maximum atomic E-state index is 13.3. The average Bonchev–Trinajstić information content (AvgIpc) is 3.37. The highest BCUT2D eigenvalue weighted by molar-refractivity contribution is 6.35. The fourth-order valence-electron chi connectivity index (χ4n) is 3.87. The van der Waals surface area contributed by atoms with Crippen molar-refractivity contribution in [3.63, 3.8) is 0 Å². The summed E-state index contributed by atoms with van der Waals surface area (Å²) in [7, 11) is 0. The Labute approximate surface area is 216 Å². The van der Waals surface area contributed by atoms with E-state index in [4.69, 9.17) is 39.9 Å². The summed E-state index contributed by atoms with van der Waals surface area (Å²) in [5, 5.41) is 10.4. The highest BCUT2D eigenvalue weighted by Crippen LogP contribution is 2.25. The molecule has 5 nitrogen and oxygen atoms in total. The first-order chi connectivity index (χ1) is 16.9. The van der Waals surface area contributed by atoms with Gasteiger partial charge in [-0.05, 0) is 42.0 Å². The van der Waals surface area contributed by atoms with Crippen LogP contribution in [0.25, 0.3) is 29.6 Å². The lowest BCUT2D eigenvalue weighted by molar-refractivity contribution is 0.689. The second kappa shape index (κ2) is 9.62. The van der Waals surface area contributed by atoms with Gasteiger partial charge in [-0.1, -0.05) is 83.8 Å². The maximum Gasteiger partial charge on any atom is 0.279 e. The Kier molecular flexibility index (Phi) is 6.39. The summed E-state index contributed by atoms with van der Waals surface area (Å²) >= 11 is 18.6. The highest BCUT2D eigenvalue weighted by Gasteiger charge is 2.13. The average molecular weight is 522 g/mol. The van der Waals surface area contributed by atoms with Crippen molar-refractivity contribution in [3.05, 3.63) is 126 Å². The molecule has 0 radical (unpaired) electrons. The van der Waals surface area contributed by atoms with E-state index in [-0.39, 0.29) is 5.56 Å². The predicted molar refractivity (Wildman–Crippen MR) is 143 cm³/mol. The van der Waals surface area contributed by atoms with E-state index < -0.39 is 0 Å². The molecule has 5 rings (SSSR count). The summed E-state index contributed by atoms with van der Waals surface area (Å²) in [5.74, 6) is 0. The molecule has 0 unspecified atom stereocenters. The van der Waals surface area contributed by atoms with Gasteiger partial charge in [0, 0.05) is 32.4 Å². The van der Waals surface area contributed by atoms with Crippen LogP contribution < -0.4 is 16.1 Å². The first-order valence-electron chi connectivity index (χ1n) is 10.7. The number of rotatable bonds is 5. The van der Waals surface area contributed by atoms with E-state index in [1.54, 1.807) is 47.2 Å². The van der Waals surface area contributed by atoms with E-state index in [1.165, 1.54) is 4.68 Å². The number of hydrogen-bond acceptors (Lipinski definition) is 2. The van der Waals surface area contributed by atoms with Crippen molar-refractivity contribution in [3.8, 4) is 16.9 Å². The summed E-state index contributed by atoms with van der Waals surface area (Å²) < 4.78 is 3.23. The van der Waals surface area contributed by atoms with Crippen LogP contribution >= 0.6 is 34.8 Å². The van der Waals surface area contributed by atoms with Crippen LogP contribution in [0.1, 0.15) is 11.1 Å². The van der Waals surface area contributed by atoms with E-state index in [0.29, 0.717) is 37.9 Å². The quantitative estimate of drug-likeness (QED) is 0.342. The molecular formula is C27H19Cl3N4O. The third kappa shape index (κ3) is 4.84. The molecule has 0 amide bonds. The van der Waals surface area contributed by atoms with Gasteiger partial charge in [0.05, 0.1) is 28.5 Å². The molecule has 8 heteroatoms. The molecule has 3 aromatic carbocycles. The van der Waals surface area contributed by atoms with E-state index in [9.17, 15) is 4.79 Å². The Balaban J connectivity index is 1.64. The predicted octanol–water partition coefficient (Wildman–Crippen LogP) is 5.28. The zero-order chi connectivity index (χ0) is 24.5. The van der Waals surface area contributed by atoms with Gasteiger partial charge in [0.1, 0.15) is 0 Å². The third-order valence-electron chi connectivity index (χ3n) is 5.56. The van der Waals surface area contributed by atoms with Crippen molar-refractivity contribution >= 4 is 47.5 Å². The Morgan fingerprint density at radius 3 is 2.46 bits per heavy atom. The van der Waals surface area contributed by atoms with Crippen molar-refractivity contribution < 1.29 is 0 Å². The first kappa shape index (κ1) is 23.2. The maximum absolute atomic E-state index is 13.3. The summed E-state index contributed by atoms with van der Waals surface area (Å²) in [6.07, 6.45) is 3.69. The molecule has 35 heavy (non-hydrogen) atoms. The lowest BCUT2D eigenvalue weighted by Gasteiger charge is -2.05. The van der Waals surface area contributed by atoms with Crippen LogP contribution in [0.2, 0.25) is 15.1 Å². The number of nitrogens with zero attached hydrogens (tertiary/aromatic N) is 3. The van der Waals surface area contributed by atoms with Gasteiger partial charge in [0.2, 0.25) is 0 Å². The molecule has 2 heterocycles. The van der Waals surface area contributed by atoms with Gasteiger partial charge in [-0.15, -0.1) is 0 Å². The molecule has 0 bridgehead atoms. The van der Waals surface area contributed by atoms with Crippen LogP contribution in [0.4, 0.5) is 0 Å². The highest BCUT2D eigenvalue weighted by atomic mass is 35.5. The Morgan fingerprint density at radius 1 is 0.943 bits per heavy atom. The zero-order valence-corrected chi connectivity index (χ0v) is 20.6. The molecule has 5 aromatic rings. The zero-order valence-electron chi connectivity index (χ0n) is 18.4. The molecule has 174 valence electrons. The van der Waals surface area contributed by atoms with E-state index in [0.717, 1.165) is 22.4 Å². The minimum atomic E-state index is -0.232. The topological polar surface area (TPSA) is 55.6 Å². The minimum absolute atomic E-state index is 0.232. The first-order valence-corrected chi connectivity index (χ1v) is 11.9. The number of aromatic nitrogens is 4. The Hall–Kier alpha value is -3.51. The van der Waals surface area contributed by atoms with E-state index in [2.05, 4.69) is 11.7 Å². The van der Waals surface area contributed by atoms with Crippen LogP contribution in [0.3, 0.4) is 0 Å². The molecule has 1 N–H and O–H groups in total. The lowest BCUT2D eigenvalue weighted by Crippen LogP contribution is -2.34. The molecule has 0 aliphatic heterocycles. The number of halogens is 3. The largest absolute Gasteiger partial charge is 0.291 e. The fraction of sp³-hybridized carbons (Fsp3) is 0.0370. The number of H-pyrrole nitrogens is 1. The Morgan fingerprint density at radius 2 is 1.71 bits per heavy atom. The SMILES string of the molecule is C=c1[nH]n(-c2cccc(Cl)c2)c(=O)c1=Cc1cn(Cc2ccc(Cl)cc2Cl)nc1-c1ccccc1. The van der Waals surface area contributed by atoms with Crippen LogP contribution in [-0.2, 0) is 6.54 Å². The number of hydrogen-bond donors (Lipinski definition) is 1. The van der Waals surface area contributed by atoms with Crippen molar-refractivity contribution in [2.45, 2.75) is 6.54 Å². The number of nitrogens with one attached hydrogen (secondary N) is 1. The van der Waals surface area contributed by atoms with Gasteiger partial charge in [-0.2, -0.15) is 5.10 Å². The van der Waals surface area contributed by atoms with Crippen LogP contribution in [-0.4, -0.2) is 19.6 Å². The molecule has 0 atom stereocenters. The lowest BCUT2D eigenvalue weighted by atomic mass is 10.1. The second-order valence-corrected chi connectivity index (χ2v) is 9.28. The van der Waals surface area contributed by atoms with E-state index in [1.807, 2.05) is 42.6 Å². The van der Waals surface area contributed by atoms with Gasteiger partial charge < -0.3 is 0 Å². The van der Waals surface area contributed by atoms with Crippen molar-refractivity contribution in [1.82, 2.24) is 19.6 Å². The van der Waals surface area contributed by atoms with E-state index >= 15 is 0 Å². The van der Waals surface area contributed by atoms with Crippen molar-refractivity contribution in [1.29, 1.82) is 0 Å². The van der Waals surface area contributed by atoms with Crippen LogP contribution in [0.5, 0.6) is 0 Å². The second-order valence-electron chi connectivity index (χ2n) is 8.00. The van der Waals surface area contributed by atoms with Crippen LogP contribution in [0, 0.1) is 0 Å². The van der Waals surface area contributed by atoms with Gasteiger partial charge >= 0.3 is 0 Å². The fourth-order valence-corrected chi connectivity index (χ4v) is 4.52. The van der Waals surface area contributed by atoms with Crippen molar-refractivity contribution in [2.75, 3.05) is 0 Å². The van der Waals surface area contributed by atoms with Crippen molar-refractivity contribution in [2.24, 2.45) is 0 Å². The monoisotopic (exact) mass is 520 g/mol. The summed E-state index contributed by atoms with van der Waals surface area (Å²) in [4.78, 5) is 13.3. The molecular weight excluding hydrogens is 503 g/mol. The standard InChI is InChI=1S/C27H19Cl3N4O/c1-17-24(27(35)34(31-17)23-9-5-8-21(28)13-23)12-20-16-33(15-19-10-11-22(29)14-25(19)30)32-26(20)18-6-3-2-4-7-18/h2-14,16,31H,1,15H2. The Bertz CT molecular complexity index is 1700. The smallest absolute Gasteiger partial charge is 0.279 e. The molecule has 0 spiro atoms. The van der Waals surface area contributed by atoms with Gasteiger partial charge in [0.25, 0.3) is 5.56 Å². The summed E-state index contributed by atoms with van der Waals surface area (Å²) in [6.45, 7) is 4.49. The van der Waals surface area contributed by atoms with Gasteiger partial charge in [0.15, 0.2) is 0 Å². The third-order valence-corrected chi connectivity index (χ3v) is 6.38. The molecule has 0 saturated carbocycles. The number of aromatic amines is 1. The van der Waals surface area contributed by atoms with Gasteiger partial charge in [-0.25, -0.2) is 4.68 Å². The normalized spacial score (nSPS) is 11.8. The summed E-state index contributed by atoms with van der Waals surface area (Å²) in [5.41, 5.74) is 3.72. The molecule has 0 saturated heterocycles. The molecule has 0 aliphatic carbocycles. The summed E-state index contributed by atoms with van der Waals surface area (Å²) in [6, 6.07) is 22.2. The molecule has 2 aromatic heterocycles. The van der Waals surface area contributed by atoms with Gasteiger partial charge in [-0.3, -0.25) is 14.6 Å². The number of benzene rings is 3. The van der Waals surface area contributed by atoms with Crippen LogP contribution in [0.15, 0.2) is 83.8 Å². The minimum Gasteiger partial charge on any atom is -0.291 e. The molecule has 0 aliphatic rings.